The number of nitriles is 1. The highest BCUT2D eigenvalue weighted by Crippen LogP contribution is 2.26. The summed E-state index contributed by atoms with van der Waals surface area (Å²) < 4.78 is 5.81. The van der Waals surface area contributed by atoms with Crippen LogP contribution in [0.15, 0.2) is 0 Å². The third kappa shape index (κ3) is 5.05. The summed E-state index contributed by atoms with van der Waals surface area (Å²) in [6.45, 7) is 3.24. The molecule has 0 bridgehead atoms. The zero-order chi connectivity index (χ0) is 13.4. The first-order valence-corrected chi connectivity index (χ1v) is 6.87. The topological polar surface area (TPSA) is 53.3 Å². The minimum atomic E-state index is 0.0636. The molecule has 4 nitrogen and oxygen atoms in total. The molecule has 1 aliphatic carbocycles. The predicted molar refractivity (Wildman–Crippen MR) is 69.9 cm³/mol. The Morgan fingerprint density at radius 3 is 2.83 bits per heavy atom. The van der Waals surface area contributed by atoms with Crippen LogP contribution in [0.4, 0.5) is 0 Å². The molecule has 0 aromatic heterocycles. The molecular formula is C14H24N2O2. The first-order chi connectivity index (χ1) is 8.65. The molecule has 2 atom stereocenters. The van der Waals surface area contributed by atoms with E-state index in [9.17, 15) is 4.79 Å². The van der Waals surface area contributed by atoms with E-state index in [1.165, 1.54) is 19.3 Å². The maximum Gasteiger partial charge on any atom is 0.224 e. The monoisotopic (exact) mass is 252 g/mol. The summed E-state index contributed by atoms with van der Waals surface area (Å²) in [5, 5.41) is 8.46. The molecule has 0 heterocycles. The summed E-state index contributed by atoms with van der Waals surface area (Å²) in [5.74, 6) is 0.680. The Balaban J connectivity index is 2.16. The predicted octanol–water partition coefficient (Wildman–Crippen LogP) is 2.34. The quantitative estimate of drug-likeness (QED) is 0.729. The largest absolute Gasteiger partial charge is 0.377 e. The van der Waals surface area contributed by atoms with Crippen molar-refractivity contribution in [1.29, 1.82) is 5.26 Å². The van der Waals surface area contributed by atoms with Gasteiger partial charge in [0.2, 0.25) is 5.91 Å². The molecule has 1 fully saturated rings. The maximum atomic E-state index is 11.7. The lowest BCUT2D eigenvalue weighted by atomic mass is 9.88. The Labute approximate surface area is 110 Å². The van der Waals surface area contributed by atoms with Crippen LogP contribution in [0.5, 0.6) is 0 Å². The molecule has 0 N–H and O–H groups in total. The van der Waals surface area contributed by atoms with Crippen molar-refractivity contribution in [3.8, 4) is 6.07 Å². The molecule has 0 aromatic rings. The van der Waals surface area contributed by atoms with E-state index in [1.807, 2.05) is 6.07 Å². The number of nitrogens with zero attached hydrogens (tertiary/aromatic N) is 2. The van der Waals surface area contributed by atoms with Crippen LogP contribution >= 0.6 is 0 Å². The standard InChI is InChI=1S/C14H24N2O2/c1-12-6-3-4-7-13(12)18-11-8-14(17)16(2)10-5-9-15/h12-13H,3-8,10-11H2,1-2H3. The van der Waals surface area contributed by atoms with Crippen LogP contribution in [-0.4, -0.2) is 37.1 Å². The van der Waals surface area contributed by atoms with Gasteiger partial charge in [0.15, 0.2) is 0 Å². The molecule has 0 radical (unpaired) electrons. The lowest BCUT2D eigenvalue weighted by molar-refractivity contribution is -0.131. The van der Waals surface area contributed by atoms with E-state index in [0.29, 0.717) is 38.0 Å². The number of amides is 1. The normalized spacial score (nSPS) is 23.4. The van der Waals surface area contributed by atoms with E-state index >= 15 is 0 Å². The lowest BCUT2D eigenvalue weighted by Gasteiger charge is -2.28. The highest BCUT2D eigenvalue weighted by Gasteiger charge is 2.22. The van der Waals surface area contributed by atoms with Crippen LogP contribution in [-0.2, 0) is 9.53 Å². The number of ether oxygens (including phenoxy) is 1. The second-order valence-electron chi connectivity index (χ2n) is 5.14. The minimum Gasteiger partial charge on any atom is -0.377 e. The summed E-state index contributed by atoms with van der Waals surface area (Å²) in [6, 6.07) is 2.04. The van der Waals surface area contributed by atoms with Gasteiger partial charge in [-0.3, -0.25) is 4.79 Å². The second-order valence-corrected chi connectivity index (χ2v) is 5.14. The molecule has 0 aromatic carbocycles. The van der Waals surface area contributed by atoms with Crippen molar-refractivity contribution in [2.45, 2.75) is 51.6 Å². The summed E-state index contributed by atoms with van der Waals surface area (Å²) in [6.07, 6.45) is 6.05. The van der Waals surface area contributed by atoms with E-state index in [1.54, 1.807) is 11.9 Å². The number of hydrogen-bond acceptors (Lipinski definition) is 3. The molecule has 1 aliphatic rings. The highest BCUT2D eigenvalue weighted by molar-refractivity contribution is 5.75. The van der Waals surface area contributed by atoms with Crippen LogP contribution in [0.1, 0.15) is 45.4 Å². The zero-order valence-electron chi connectivity index (χ0n) is 11.5. The second kappa shape index (κ2) is 8.10. The smallest absolute Gasteiger partial charge is 0.224 e. The number of hydrogen-bond donors (Lipinski definition) is 0. The molecule has 1 rings (SSSR count). The van der Waals surface area contributed by atoms with Gasteiger partial charge in [-0.05, 0) is 18.8 Å². The fourth-order valence-electron chi connectivity index (χ4n) is 2.36. The van der Waals surface area contributed by atoms with Gasteiger partial charge < -0.3 is 9.64 Å². The molecule has 102 valence electrons. The summed E-state index contributed by atoms with van der Waals surface area (Å²) in [7, 11) is 1.74. The molecule has 0 spiro atoms. The van der Waals surface area contributed by atoms with Gasteiger partial charge in [-0.1, -0.05) is 19.8 Å². The molecule has 2 unspecified atom stereocenters. The lowest BCUT2D eigenvalue weighted by Crippen LogP contribution is -2.30. The maximum absolute atomic E-state index is 11.7. The minimum absolute atomic E-state index is 0.0636. The summed E-state index contributed by atoms with van der Waals surface area (Å²) in [5.41, 5.74) is 0. The van der Waals surface area contributed by atoms with Crippen molar-refractivity contribution in [3.63, 3.8) is 0 Å². The van der Waals surface area contributed by atoms with Gasteiger partial charge in [0, 0.05) is 13.6 Å². The van der Waals surface area contributed by atoms with Crippen molar-refractivity contribution in [3.05, 3.63) is 0 Å². The Morgan fingerprint density at radius 1 is 1.44 bits per heavy atom. The van der Waals surface area contributed by atoms with Crippen LogP contribution in [0, 0.1) is 17.2 Å². The molecule has 1 saturated carbocycles. The molecule has 0 saturated heterocycles. The fraction of sp³-hybridized carbons (Fsp3) is 0.857. The van der Waals surface area contributed by atoms with Crippen LogP contribution in [0.2, 0.25) is 0 Å². The van der Waals surface area contributed by atoms with E-state index < -0.39 is 0 Å². The van der Waals surface area contributed by atoms with Gasteiger partial charge in [-0.2, -0.15) is 5.26 Å². The first kappa shape index (κ1) is 15.0. The average molecular weight is 252 g/mol. The van der Waals surface area contributed by atoms with E-state index in [4.69, 9.17) is 10.00 Å². The molecule has 1 amide bonds. The van der Waals surface area contributed by atoms with Gasteiger partial charge in [0.1, 0.15) is 0 Å². The van der Waals surface area contributed by atoms with Gasteiger partial charge in [-0.25, -0.2) is 0 Å². The van der Waals surface area contributed by atoms with E-state index in [2.05, 4.69) is 6.92 Å². The van der Waals surface area contributed by atoms with Gasteiger partial charge >= 0.3 is 0 Å². The summed E-state index contributed by atoms with van der Waals surface area (Å²) >= 11 is 0. The SMILES string of the molecule is CC1CCCCC1OCCC(=O)N(C)CCC#N. The summed E-state index contributed by atoms with van der Waals surface area (Å²) in [4.78, 5) is 13.3. The number of carbonyl (C=O) groups is 1. The highest BCUT2D eigenvalue weighted by atomic mass is 16.5. The molecule has 4 heteroatoms. The molecule has 0 aliphatic heterocycles. The van der Waals surface area contributed by atoms with E-state index in [-0.39, 0.29) is 5.91 Å². The third-order valence-corrected chi connectivity index (χ3v) is 3.67. The van der Waals surface area contributed by atoms with Crippen LogP contribution in [0.3, 0.4) is 0 Å². The van der Waals surface area contributed by atoms with Crippen molar-refractivity contribution in [1.82, 2.24) is 4.90 Å². The average Bonchev–Trinajstić information content (AvgIpc) is 2.38. The first-order valence-electron chi connectivity index (χ1n) is 6.87. The van der Waals surface area contributed by atoms with E-state index in [0.717, 1.165) is 6.42 Å². The van der Waals surface area contributed by atoms with Crippen molar-refractivity contribution in [2.24, 2.45) is 5.92 Å². The van der Waals surface area contributed by atoms with Crippen LogP contribution in [0.25, 0.3) is 0 Å². The van der Waals surface area contributed by atoms with Crippen molar-refractivity contribution in [2.75, 3.05) is 20.2 Å². The Hall–Kier alpha value is -1.08. The molecule has 18 heavy (non-hydrogen) atoms. The van der Waals surface area contributed by atoms with Gasteiger partial charge in [0.05, 0.1) is 31.6 Å². The van der Waals surface area contributed by atoms with Crippen LogP contribution < -0.4 is 0 Å². The fourth-order valence-corrected chi connectivity index (χ4v) is 2.36. The zero-order valence-corrected chi connectivity index (χ0v) is 11.5. The van der Waals surface area contributed by atoms with Crippen molar-refractivity contribution >= 4 is 5.91 Å². The number of carbonyl (C=O) groups excluding carboxylic acids is 1. The van der Waals surface area contributed by atoms with Gasteiger partial charge in [-0.15, -0.1) is 0 Å². The molecular weight excluding hydrogens is 228 g/mol. The Bertz CT molecular complexity index is 299. The Kier molecular flexibility index (Phi) is 6.74. The third-order valence-electron chi connectivity index (χ3n) is 3.67. The van der Waals surface area contributed by atoms with Crippen molar-refractivity contribution < 1.29 is 9.53 Å². The van der Waals surface area contributed by atoms with Gasteiger partial charge in [0.25, 0.3) is 0 Å². The number of rotatable bonds is 6. The Morgan fingerprint density at radius 2 is 2.17 bits per heavy atom.